The molecule has 0 unspecified atom stereocenters. The molecule has 2 rings (SSSR count). The molecule has 0 aliphatic rings. The molecule has 1 aromatic carbocycles. The molecule has 0 atom stereocenters. The van der Waals surface area contributed by atoms with Gasteiger partial charge in [-0.3, -0.25) is 4.79 Å². The summed E-state index contributed by atoms with van der Waals surface area (Å²) in [5.74, 6) is 0.0950. The lowest BCUT2D eigenvalue weighted by Gasteiger charge is -2.05. The minimum absolute atomic E-state index is 0.0290. The number of sulfonamides is 1. The van der Waals surface area contributed by atoms with Gasteiger partial charge in [-0.05, 0) is 36.4 Å². The first-order valence-corrected chi connectivity index (χ1v) is 7.40. The third kappa shape index (κ3) is 3.74. The quantitative estimate of drug-likeness (QED) is 0.751. The number of aromatic nitrogens is 2. The number of anilines is 2. The maximum atomic E-state index is 11.9. The van der Waals surface area contributed by atoms with Crippen molar-refractivity contribution < 1.29 is 13.2 Å². The summed E-state index contributed by atoms with van der Waals surface area (Å²) in [6.07, 6.45) is 0. The number of nitrogens with one attached hydrogen (secondary N) is 2. The molecule has 21 heavy (non-hydrogen) atoms. The zero-order chi connectivity index (χ0) is 15.5. The van der Waals surface area contributed by atoms with Crippen molar-refractivity contribution >= 4 is 27.4 Å². The van der Waals surface area contributed by atoms with Crippen LogP contribution in [0, 0.1) is 0 Å². The van der Waals surface area contributed by atoms with Crippen LogP contribution in [0.4, 0.5) is 11.5 Å². The van der Waals surface area contributed by atoms with Crippen molar-refractivity contribution in [2.45, 2.75) is 4.90 Å². The Morgan fingerprint density at radius 1 is 1.10 bits per heavy atom. The number of nitrogens with zero attached hydrogens (tertiary/aromatic N) is 2. The van der Waals surface area contributed by atoms with Gasteiger partial charge in [0.2, 0.25) is 10.0 Å². The molecule has 0 spiro atoms. The van der Waals surface area contributed by atoms with E-state index >= 15 is 0 Å². The largest absolute Gasteiger partial charge is 0.372 e. The van der Waals surface area contributed by atoms with E-state index in [9.17, 15) is 13.2 Å². The van der Waals surface area contributed by atoms with Crippen molar-refractivity contribution in [3.63, 3.8) is 0 Å². The van der Waals surface area contributed by atoms with Crippen molar-refractivity contribution in [3.8, 4) is 0 Å². The maximum absolute atomic E-state index is 11.9. The van der Waals surface area contributed by atoms with Crippen LogP contribution in [0.1, 0.15) is 10.5 Å². The van der Waals surface area contributed by atoms with Crippen LogP contribution >= 0.6 is 0 Å². The van der Waals surface area contributed by atoms with E-state index in [0.717, 1.165) is 0 Å². The van der Waals surface area contributed by atoms with Crippen LogP contribution in [0.3, 0.4) is 0 Å². The summed E-state index contributed by atoms with van der Waals surface area (Å²) >= 11 is 0. The highest BCUT2D eigenvalue weighted by Crippen LogP contribution is 2.13. The smallest absolute Gasteiger partial charge is 0.276 e. The topological polar surface area (TPSA) is 127 Å². The monoisotopic (exact) mass is 307 g/mol. The molecule has 0 radical (unpaired) electrons. The molecule has 0 aliphatic carbocycles. The molecule has 1 heterocycles. The Kier molecular flexibility index (Phi) is 4.15. The first-order valence-electron chi connectivity index (χ1n) is 5.86. The summed E-state index contributed by atoms with van der Waals surface area (Å²) in [6.45, 7) is 0. The lowest BCUT2D eigenvalue weighted by molar-refractivity contribution is 0.102. The number of carbonyl (C=O) groups is 1. The molecule has 1 amide bonds. The van der Waals surface area contributed by atoms with E-state index in [1.807, 2.05) is 0 Å². The minimum Gasteiger partial charge on any atom is -0.372 e. The molecule has 110 valence electrons. The van der Waals surface area contributed by atoms with E-state index in [2.05, 4.69) is 20.8 Å². The molecule has 1 aromatic heterocycles. The zero-order valence-corrected chi connectivity index (χ0v) is 11.9. The van der Waals surface area contributed by atoms with Gasteiger partial charge in [0, 0.05) is 12.7 Å². The van der Waals surface area contributed by atoms with Gasteiger partial charge >= 0.3 is 0 Å². The van der Waals surface area contributed by atoms with Crippen molar-refractivity contribution in [2.24, 2.45) is 5.14 Å². The molecule has 0 bridgehead atoms. The van der Waals surface area contributed by atoms with Gasteiger partial charge in [0.05, 0.1) is 4.90 Å². The number of rotatable bonds is 4. The minimum atomic E-state index is -3.75. The number of primary sulfonamides is 1. The molecule has 8 nitrogen and oxygen atoms in total. The van der Waals surface area contributed by atoms with E-state index in [0.29, 0.717) is 11.5 Å². The predicted molar refractivity (Wildman–Crippen MR) is 77.3 cm³/mol. The van der Waals surface area contributed by atoms with Gasteiger partial charge in [0.25, 0.3) is 5.91 Å². The third-order valence-electron chi connectivity index (χ3n) is 2.59. The highest BCUT2D eigenvalue weighted by molar-refractivity contribution is 7.89. The van der Waals surface area contributed by atoms with Crippen LogP contribution in [-0.2, 0) is 10.0 Å². The van der Waals surface area contributed by atoms with Gasteiger partial charge in [-0.15, -0.1) is 10.2 Å². The number of nitrogens with two attached hydrogens (primary N) is 1. The van der Waals surface area contributed by atoms with Gasteiger partial charge in [0.1, 0.15) is 5.82 Å². The molecule has 2 aromatic rings. The van der Waals surface area contributed by atoms with Crippen molar-refractivity contribution in [1.82, 2.24) is 10.2 Å². The second-order valence-corrected chi connectivity index (χ2v) is 5.64. The first kappa shape index (κ1) is 14.9. The van der Waals surface area contributed by atoms with E-state index in [1.165, 1.54) is 30.3 Å². The van der Waals surface area contributed by atoms with Gasteiger partial charge in [-0.2, -0.15) is 0 Å². The average Bonchev–Trinajstić information content (AvgIpc) is 2.47. The van der Waals surface area contributed by atoms with Crippen LogP contribution in [0.5, 0.6) is 0 Å². The fourth-order valence-corrected chi connectivity index (χ4v) is 2.03. The fraction of sp³-hybridized carbons (Fsp3) is 0.0833. The summed E-state index contributed by atoms with van der Waals surface area (Å²) in [5.41, 5.74) is 0.566. The number of hydrogen-bond donors (Lipinski definition) is 3. The van der Waals surface area contributed by atoms with Crippen LogP contribution in [0.2, 0.25) is 0 Å². The second-order valence-electron chi connectivity index (χ2n) is 4.08. The van der Waals surface area contributed by atoms with Crippen molar-refractivity contribution in [1.29, 1.82) is 0 Å². The highest BCUT2D eigenvalue weighted by atomic mass is 32.2. The molecular weight excluding hydrogens is 294 g/mol. The van der Waals surface area contributed by atoms with Gasteiger partial charge in [-0.25, -0.2) is 13.6 Å². The zero-order valence-electron chi connectivity index (χ0n) is 11.1. The Morgan fingerprint density at radius 2 is 1.76 bits per heavy atom. The number of amides is 1. The van der Waals surface area contributed by atoms with Crippen LogP contribution in [0.15, 0.2) is 41.3 Å². The van der Waals surface area contributed by atoms with Gasteiger partial charge in [0.15, 0.2) is 5.69 Å². The Morgan fingerprint density at radius 3 is 2.24 bits per heavy atom. The highest BCUT2D eigenvalue weighted by Gasteiger charge is 2.10. The van der Waals surface area contributed by atoms with E-state index in [4.69, 9.17) is 5.14 Å². The Hall–Kier alpha value is -2.52. The van der Waals surface area contributed by atoms with Crippen LogP contribution < -0.4 is 15.8 Å². The Balaban J connectivity index is 2.12. The summed E-state index contributed by atoms with van der Waals surface area (Å²) in [4.78, 5) is 11.9. The lowest BCUT2D eigenvalue weighted by atomic mass is 10.3. The van der Waals surface area contributed by atoms with E-state index < -0.39 is 15.9 Å². The summed E-state index contributed by atoms with van der Waals surface area (Å²) in [5, 5.41) is 17.9. The maximum Gasteiger partial charge on any atom is 0.276 e. The molecule has 0 fully saturated rings. The number of carbonyl (C=O) groups excluding carboxylic acids is 1. The SMILES string of the molecule is CNc1ccc(C(=O)Nc2ccc(S(N)(=O)=O)cc2)nn1. The van der Waals surface area contributed by atoms with Crippen molar-refractivity contribution in [3.05, 3.63) is 42.1 Å². The third-order valence-corrected chi connectivity index (χ3v) is 3.52. The fourth-order valence-electron chi connectivity index (χ4n) is 1.51. The van der Waals surface area contributed by atoms with Crippen molar-refractivity contribution in [2.75, 3.05) is 17.7 Å². The summed E-state index contributed by atoms with van der Waals surface area (Å²) in [6, 6.07) is 8.63. The molecule has 9 heteroatoms. The molecule has 0 saturated carbocycles. The standard InChI is InChI=1S/C12H13N5O3S/c1-14-11-7-6-10(16-17-11)12(18)15-8-2-4-9(5-3-8)21(13,19)20/h2-7H,1H3,(H,14,17)(H,15,18)(H2,13,19,20). The average molecular weight is 307 g/mol. The lowest BCUT2D eigenvalue weighted by Crippen LogP contribution is -2.15. The molecule has 4 N–H and O–H groups in total. The normalized spacial score (nSPS) is 11.0. The van der Waals surface area contributed by atoms with Crippen LogP contribution in [0.25, 0.3) is 0 Å². The first-order chi connectivity index (χ1) is 9.90. The number of hydrogen-bond acceptors (Lipinski definition) is 6. The molecule has 0 aliphatic heterocycles. The van der Waals surface area contributed by atoms with Gasteiger partial charge < -0.3 is 10.6 Å². The van der Waals surface area contributed by atoms with E-state index in [1.54, 1.807) is 13.1 Å². The Labute approximate surface area is 121 Å². The number of benzene rings is 1. The van der Waals surface area contributed by atoms with E-state index in [-0.39, 0.29) is 10.6 Å². The summed E-state index contributed by atoms with van der Waals surface area (Å²) < 4.78 is 22.2. The summed E-state index contributed by atoms with van der Waals surface area (Å²) in [7, 11) is -2.06. The van der Waals surface area contributed by atoms with Gasteiger partial charge in [-0.1, -0.05) is 0 Å². The molecular formula is C12H13N5O3S. The van der Waals surface area contributed by atoms with Crippen LogP contribution in [-0.4, -0.2) is 31.6 Å². The predicted octanol–water partition coefficient (Wildman–Crippen LogP) is 0.418. The molecule has 0 saturated heterocycles. The Bertz CT molecular complexity index is 741. The second kappa shape index (κ2) is 5.85.